The van der Waals surface area contributed by atoms with Crippen LogP contribution in [0.4, 0.5) is 5.69 Å². The van der Waals surface area contributed by atoms with Gasteiger partial charge in [0.2, 0.25) is 5.91 Å². The molecule has 1 amide bonds. The number of carbonyl (C=O) groups excluding carboxylic acids is 1. The quantitative estimate of drug-likeness (QED) is 0.831. The first-order valence-electron chi connectivity index (χ1n) is 9.56. The van der Waals surface area contributed by atoms with E-state index in [-0.39, 0.29) is 11.9 Å². The monoisotopic (exact) mass is 366 g/mol. The van der Waals surface area contributed by atoms with Crippen molar-refractivity contribution >= 4 is 11.6 Å². The zero-order chi connectivity index (χ0) is 18.8. The van der Waals surface area contributed by atoms with Crippen molar-refractivity contribution in [2.45, 2.75) is 25.3 Å². The largest absolute Gasteiger partial charge is 0.497 e. The molecule has 1 aliphatic heterocycles. The SMILES string of the molecule is COc1ccc2c(c1)N(CC(=O)N(C)C1CCCc3ccccc31)CCO2. The Kier molecular flexibility index (Phi) is 4.92. The van der Waals surface area contributed by atoms with E-state index in [4.69, 9.17) is 9.47 Å². The van der Waals surface area contributed by atoms with Crippen LogP contribution in [0.5, 0.6) is 11.5 Å². The Morgan fingerprint density at radius 3 is 3.00 bits per heavy atom. The van der Waals surface area contributed by atoms with Gasteiger partial charge in [-0.1, -0.05) is 24.3 Å². The molecule has 1 atom stereocenters. The summed E-state index contributed by atoms with van der Waals surface area (Å²) < 4.78 is 11.1. The van der Waals surface area contributed by atoms with Gasteiger partial charge < -0.3 is 19.3 Å². The van der Waals surface area contributed by atoms with Crippen LogP contribution >= 0.6 is 0 Å². The summed E-state index contributed by atoms with van der Waals surface area (Å²) in [5, 5.41) is 0. The molecular formula is C22H26N2O3. The highest BCUT2D eigenvalue weighted by Gasteiger charge is 2.28. The zero-order valence-corrected chi connectivity index (χ0v) is 16.0. The minimum Gasteiger partial charge on any atom is -0.497 e. The van der Waals surface area contributed by atoms with Crippen molar-refractivity contribution in [3.63, 3.8) is 0 Å². The van der Waals surface area contributed by atoms with Crippen molar-refractivity contribution in [3.8, 4) is 11.5 Å². The van der Waals surface area contributed by atoms with Gasteiger partial charge in [-0.25, -0.2) is 0 Å². The molecule has 5 heteroatoms. The van der Waals surface area contributed by atoms with E-state index in [0.29, 0.717) is 19.7 Å². The second-order valence-corrected chi connectivity index (χ2v) is 7.22. The lowest BCUT2D eigenvalue weighted by Gasteiger charge is -2.36. The second-order valence-electron chi connectivity index (χ2n) is 7.22. The molecule has 0 saturated carbocycles. The molecule has 1 unspecified atom stereocenters. The third-order valence-electron chi connectivity index (χ3n) is 5.65. The van der Waals surface area contributed by atoms with Crippen molar-refractivity contribution in [1.82, 2.24) is 4.90 Å². The van der Waals surface area contributed by atoms with Gasteiger partial charge in [-0.15, -0.1) is 0 Å². The van der Waals surface area contributed by atoms with Crippen LogP contribution in [0.1, 0.15) is 30.0 Å². The van der Waals surface area contributed by atoms with Gasteiger partial charge in [-0.2, -0.15) is 0 Å². The summed E-state index contributed by atoms with van der Waals surface area (Å²) >= 11 is 0. The fourth-order valence-corrected chi connectivity index (χ4v) is 4.12. The maximum absolute atomic E-state index is 13.1. The number of aryl methyl sites for hydroxylation is 1. The number of hydrogen-bond donors (Lipinski definition) is 0. The van der Waals surface area contributed by atoms with Crippen LogP contribution in [-0.2, 0) is 11.2 Å². The maximum atomic E-state index is 13.1. The number of benzene rings is 2. The lowest BCUT2D eigenvalue weighted by atomic mass is 9.87. The molecule has 0 aromatic heterocycles. The molecule has 4 rings (SSSR count). The lowest BCUT2D eigenvalue weighted by Crippen LogP contribution is -2.43. The number of hydrogen-bond acceptors (Lipinski definition) is 4. The highest BCUT2D eigenvalue weighted by atomic mass is 16.5. The van der Waals surface area contributed by atoms with Crippen LogP contribution in [0.25, 0.3) is 0 Å². The Labute approximate surface area is 160 Å². The van der Waals surface area contributed by atoms with Crippen molar-refractivity contribution in [2.75, 3.05) is 38.8 Å². The fourth-order valence-electron chi connectivity index (χ4n) is 4.12. The number of likely N-dealkylation sites (N-methyl/N-ethyl adjacent to an activating group) is 1. The number of rotatable bonds is 4. The molecule has 5 nitrogen and oxygen atoms in total. The van der Waals surface area contributed by atoms with Gasteiger partial charge in [0.15, 0.2) is 0 Å². The molecular weight excluding hydrogens is 340 g/mol. The minimum atomic E-state index is 0.132. The number of nitrogens with zero attached hydrogens (tertiary/aromatic N) is 2. The molecule has 27 heavy (non-hydrogen) atoms. The lowest BCUT2D eigenvalue weighted by molar-refractivity contribution is -0.131. The van der Waals surface area contributed by atoms with Crippen LogP contribution < -0.4 is 14.4 Å². The van der Waals surface area contributed by atoms with Crippen LogP contribution in [0.3, 0.4) is 0 Å². The van der Waals surface area contributed by atoms with Crippen molar-refractivity contribution in [2.24, 2.45) is 0 Å². The molecule has 0 saturated heterocycles. The first kappa shape index (κ1) is 17.7. The number of anilines is 1. The average Bonchev–Trinajstić information content (AvgIpc) is 2.72. The molecule has 0 fully saturated rings. The van der Waals surface area contributed by atoms with Crippen molar-refractivity contribution < 1.29 is 14.3 Å². The Bertz CT molecular complexity index is 836. The van der Waals surface area contributed by atoms with Crippen LogP contribution in [0, 0.1) is 0 Å². The average molecular weight is 366 g/mol. The van der Waals surface area contributed by atoms with Crippen LogP contribution in [0.2, 0.25) is 0 Å². The fraction of sp³-hybridized carbons (Fsp3) is 0.409. The van der Waals surface area contributed by atoms with E-state index < -0.39 is 0 Å². The number of carbonyl (C=O) groups is 1. The number of amides is 1. The summed E-state index contributed by atoms with van der Waals surface area (Å²) in [5.41, 5.74) is 3.59. The van der Waals surface area contributed by atoms with Gasteiger partial charge >= 0.3 is 0 Å². The summed E-state index contributed by atoms with van der Waals surface area (Å²) in [6, 6.07) is 14.4. The molecule has 1 heterocycles. The predicted octanol–water partition coefficient (Wildman–Crippen LogP) is 3.43. The molecule has 1 aliphatic carbocycles. The molecule has 0 bridgehead atoms. The molecule has 2 aliphatic rings. The number of ether oxygens (including phenoxy) is 2. The highest BCUT2D eigenvalue weighted by Crippen LogP contribution is 2.36. The van der Waals surface area contributed by atoms with E-state index in [9.17, 15) is 4.79 Å². The molecule has 0 radical (unpaired) electrons. The van der Waals surface area contributed by atoms with E-state index in [1.165, 1.54) is 11.1 Å². The Balaban J connectivity index is 1.52. The summed E-state index contributed by atoms with van der Waals surface area (Å²) in [5.74, 6) is 1.71. The smallest absolute Gasteiger partial charge is 0.242 e. The normalized spacial score (nSPS) is 18.1. The van der Waals surface area contributed by atoms with Gasteiger partial charge in [-0.05, 0) is 42.5 Å². The molecule has 2 aromatic carbocycles. The number of methoxy groups -OCH3 is 1. The van der Waals surface area contributed by atoms with Crippen LogP contribution in [0.15, 0.2) is 42.5 Å². The molecule has 0 spiro atoms. The second kappa shape index (κ2) is 7.51. The van der Waals surface area contributed by atoms with Crippen LogP contribution in [-0.4, -0.2) is 44.7 Å². The van der Waals surface area contributed by atoms with E-state index in [1.54, 1.807) is 7.11 Å². The first-order valence-corrected chi connectivity index (χ1v) is 9.56. The standard InChI is InChI=1S/C22H26N2O3/c1-23(19-9-5-7-16-6-3-4-8-18(16)19)22(25)15-24-12-13-27-21-11-10-17(26-2)14-20(21)24/h3-4,6,8,10-11,14,19H,5,7,9,12-13,15H2,1-2H3. The van der Waals surface area contributed by atoms with E-state index in [1.807, 2.05) is 30.1 Å². The third kappa shape index (κ3) is 3.46. The predicted molar refractivity (Wildman–Crippen MR) is 106 cm³/mol. The van der Waals surface area contributed by atoms with E-state index in [0.717, 1.165) is 36.4 Å². The zero-order valence-electron chi connectivity index (χ0n) is 16.0. The summed E-state index contributed by atoms with van der Waals surface area (Å²) in [4.78, 5) is 17.1. The maximum Gasteiger partial charge on any atom is 0.242 e. The summed E-state index contributed by atoms with van der Waals surface area (Å²) in [6.07, 6.45) is 3.25. The summed E-state index contributed by atoms with van der Waals surface area (Å²) in [6.45, 7) is 1.63. The van der Waals surface area contributed by atoms with Gasteiger partial charge in [0.05, 0.1) is 31.9 Å². The molecule has 0 N–H and O–H groups in total. The van der Waals surface area contributed by atoms with Gasteiger partial charge in [0, 0.05) is 13.1 Å². The van der Waals surface area contributed by atoms with Crippen molar-refractivity contribution in [3.05, 3.63) is 53.6 Å². The van der Waals surface area contributed by atoms with E-state index in [2.05, 4.69) is 29.2 Å². The first-order chi connectivity index (χ1) is 13.2. The van der Waals surface area contributed by atoms with E-state index >= 15 is 0 Å². The van der Waals surface area contributed by atoms with Gasteiger partial charge in [0.1, 0.15) is 18.1 Å². The third-order valence-corrected chi connectivity index (χ3v) is 5.65. The Morgan fingerprint density at radius 1 is 1.30 bits per heavy atom. The van der Waals surface area contributed by atoms with Gasteiger partial charge in [0.25, 0.3) is 0 Å². The molecule has 2 aromatic rings. The number of fused-ring (bicyclic) bond motifs is 2. The summed E-state index contributed by atoms with van der Waals surface area (Å²) in [7, 11) is 3.58. The Morgan fingerprint density at radius 2 is 2.15 bits per heavy atom. The minimum absolute atomic E-state index is 0.132. The Hall–Kier alpha value is -2.69. The van der Waals surface area contributed by atoms with Gasteiger partial charge in [-0.3, -0.25) is 4.79 Å². The highest BCUT2D eigenvalue weighted by molar-refractivity contribution is 5.83. The van der Waals surface area contributed by atoms with Crippen molar-refractivity contribution in [1.29, 1.82) is 0 Å². The molecule has 142 valence electrons. The topological polar surface area (TPSA) is 42.0 Å².